The Bertz CT molecular complexity index is 1150. The minimum atomic E-state index is -0.384. The normalized spacial score (nSPS) is 10.7. The van der Waals surface area contributed by atoms with Crippen LogP contribution in [0.5, 0.6) is 5.75 Å². The largest absolute Gasteiger partial charge is 0.486 e. The van der Waals surface area contributed by atoms with Gasteiger partial charge in [0.1, 0.15) is 18.2 Å². The topological polar surface area (TPSA) is 101 Å². The Kier molecular flexibility index (Phi) is 4.83. The zero-order chi connectivity index (χ0) is 19.3. The van der Waals surface area contributed by atoms with Gasteiger partial charge in [-0.2, -0.15) is 9.50 Å². The lowest BCUT2D eigenvalue weighted by molar-refractivity contribution is -0.115. The number of hydrogen-bond acceptors (Lipinski definition) is 5. The van der Waals surface area contributed by atoms with Gasteiger partial charge in [-0.05, 0) is 17.7 Å². The first kappa shape index (κ1) is 17.5. The maximum absolute atomic E-state index is 12.3. The molecule has 28 heavy (non-hydrogen) atoms. The Hall–Kier alpha value is -3.94. The summed E-state index contributed by atoms with van der Waals surface area (Å²) >= 11 is 0. The number of nitrogens with one attached hydrogen (secondary N) is 2. The van der Waals surface area contributed by atoms with Gasteiger partial charge in [0.2, 0.25) is 11.7 Å². The van der Waals surface area contributed by atoms with Crippen molar-refractivity contribution in [2.24, 2.45) is 0 Å². The number of aromatic nitrogens is 4. The summed E-state index contributed by atoms with van der Waals surface area (Å²) in [5.74, 6) is 1.29. The summed E-state index contributed by atoms with van der Waals surface area (Å²) < 4.78 is 7.02. The Morgan fingerprint density at radius 3 is 2.54 bits per heavy atom. The molecule has 8 heteroatoms. The number of hydrogen-bond donors (Lipinski definition) is 2. The fourth-order valence-electron chi connectivity index (χ4n) is 2.72. The van der Waals surface area contributed by atoms with Crippen LogP contribution in [-0.4, -0.2) is 25.5 Å². The minimum Gasteiger partial charge on any atom is -0.486 e. The molecule has 0 aliphatic carbocycles. The quantitative estimate of drug-likeness (QED) is 0.538. The molecule has 2 N–H and O–H groups in total. The van der Waals surface area contributed by atoms with E-state index < -0.39 is 0 Å². The zero-order valence-electron chi connectivity index (χ0n) is 14.8. The van der Waals surface area contributed by atoms with Crippen molar-refractivity contribution < 1.29 is 9.53 Å². The van der Waals surface area contributed by atoms with E-state index in [9.17, 15) is 9.59 Å². The summed E-state index contributed by atoms with van der Waals surface area (Å²) in [6.07, 6.45) is 0.188. The lowest BCUT2D eigenvalue weighted by Gasteiger charge is -2.06. The molecule has 0 aliphatic heterocycles. The van der Waals surface area contributed by atoms with Crippen molar-refractivity contribution in [1.82, 2.24) is 19.6 Å². The van der Waals surface area contributed by atoms with Crippen LogP contribution in [0.1, 0.15) is 11.4 Å². The summed E-state index contributed by atoms with van der Waals surface area (Å²) in [5, 5.41) is 7.05. The van der Waals surface area contributed by atoms with Gasteiger partial charge in [0.05, 0.1) is 6.42 Å². The van der Waals surface area contributed by atoms with E-state index in [-0.39, 0.29) is 36.1 Å². The van der Waals surface area contributed by atoms with Crippen LogP contribution in [0.3, 0.4) is 0 Å². The zero-order valence-corrected chi connectivity index (χ0v) is 14.8. The number of ether oxygens (including phenoxy) is 1. The Morgan fingerprint density at radius 2 is 1.79 bits per heavy atom. The van der Waals surface area contributed by atoms with E-state index in [1.807, 2.05) is 60.7 Å². The third kappa shape index (κ3) is 4.07. The molecule has 0 spiro atoms. The molecule has 0 aliphatic rings. The van der Waals surface area contributed by atoms with Gasteiger partial charge in [-0.25, -0.2) is 0 Å². The number of benzene rings is 2. The van der Waals surface area contributed by atoms with E-state index in [2.05, 4.69) is 20.4 Å². The van der Waals surface area contributed by atoms with Crippen molar-refractivity contribution in [2.45, 2.75) is 13.0 Å². The average Bonchev–Trinajstić information content (AvgIpc) is 3.11. The first-order chi connectivity index (χ1) is 13.7. The number of aromatic amines is 1. The van der Waals surface area contributed by atoms with E-state index >= 15 is 0 Å². The van der Waals surface area contributed by atoms with Gasteiger partial charge >= 0.3 is 0 Å². The molecule has 0 bridgehead atoms. The number of H-pyrrole nitrogens is 1. The SMILES string of the molecule is O=C(Cc1ccccc1)Nc1cc(=O)[nH]c2nc(COc3ccccc3)nn12. The summed E-state index contributed by atoms with van der Waals surface area (Å²) in [4.78, 5) is 31.1. The molecule has 2 aromatic carbocycles. The van der Waals surface area contributed by atoms with Crippen LogP contribution >= 0.6 is 0 Å². The highest BCUT2D eigenvalue weighted by Gasteiger charge is 2.12. The number of rotatable bonds is 6. The second kappa shape index (κ2) is 7.75. The highest BCUT2D eigenvalue weighted by atomic mass is 16.5. The minimum absolute atomic E-state index is 0.130. The molecule has 4 aromatic rings. The molecular weight excluding hydrogens is 358 g/mol. The molecule has 0 saturated heterocycles. The molecule has 0 radical (unpaired) electrons. The summed E-state index contributed by atoms with van der Waals surface area (Å²) in [6.45, 7) is 0.130. The van der Waals surface area contributed by atoms with Crippen LogP contribution in [0, 0.1) is 0 Å². The molecular formula is C20H17N5O3. The molecule has 2 aromatic heterocycles. The van der Waals surface area contributed by atoms with E-state index in [1.165, 1.54) is 10.6 Å². The maximum atomic E-state index is 12.3. The van der Waals surface area contributed by atoms with E-state index in [4.69, 9.17) is 4.74 Å². The monoisotopic (exact) mass is 375 g/mol. The Morgan fingerprint density at radius 1 is 1.07 bits per heavy atom. The number of amides is 1. The number of anilines is 1. The first-order valence-electron chi connectivity index (χ1n) is 8.68. The van der Waals surface area contributed by atoms with Crippen molar-refractivity contribution in [1.29, 1.82) is 0 Å². The lowest BCUT2D eigenvalue weighted by Crippen LogP contribution is -2.20. The van der Waals surface area contributed by atoms with Gasteiger partial charge in [-0.15, -0.1) is 5.10 Å². The van der Waals surface area contributed by atoms with Crippen molar-refractivity contribution in [3.05, 3.63) is 88.5 Å². The predicted molar refractivity (Wildman–Crippen MR) is 103 cm³/mol. The molecule has 0 fully saturated rings. The number of fused-ring (bicyclic) bond motifs is 1. The molecule has 0 unspecified atom stereocenters. The van der Waals surface area contributed by atoms with E-state index in [0.717, 1.165) is 5.56 Å². The van der Waals surface area contributed by atoms with Crippen LogP contribution in [0.15, 0.2) is 71.5 Å². The average molecular weight is 375 g/mol. The molecule has 2 heterocycles. The van der Waals surface area contributed by atoms with Crippen LogP contribution < -0.4 is 15.6 Å². The van der Waals surface area contributed by atoms with Gasteiger partial charge in [0.15, 0.2) is 5.82 Å². The lowest BCUT2D eigenvalue weighted by atomic mass is 10.1. The Balaban J connectivity index is 1.53. The van der Waals surface area contributed by atoms with Crippen molar-refractivity contribution in [3.8, 4) is 5.75 Å². The van der Waals surface area contributed by atoms with Gasteiger partial charge < -0.3 is 10.1 Å². The molecule has 0 saturated carbocycles. The van der Waals surface area contributed by atoms with Crippen LogP contribution in [0.4, 0.5) is 5.82 Å². The Labute approximate surface area is 159 Å². The van der Waals surface area contributed by atoms with Gasteiger partial charge in [-0.3, -0.25) is 14.6 Å². The van der Waals surface area contributed by atoms with Crippen LogP contribution in [0.25, 0.3) is 5.78 Å². The molecule has 0 atom stereocenters. The van der Waals surface area contributed by atoms with Gasteiger partial charge in [0.25, 0.3) is 5.56 Å². The van der Waals surface area contributed by atoms with Crippen LogP contribution in [0.2, 0.25) is 0 Å². The van der Waals surface area contributed by atoms with Gasteiger partial charge in [-0.1, -0.05) is 48.5 Å². The fourth-order valence-corrected chi connectivity index (χ4v) is 2.72. The van der Waals surface area contributed by atoms with Crippen LogP contribution in [-0.2, 0) is 17.8 Å². The number of carbonyl (C=O) groups is 1. The van der Waals surface area contributed by atoms with Crippen molar-refractivity contribution in [3.63, 3.8) is 0 Å². The second-order valence-corrected chi connectivity index (χ2v) is 6.09. The first-order valence-corrected chi connectivity index (χ1v) is 8.68. The third-order valence-electron chi connectivity index (χ3n) is 3.97. The van der Waals surface area contributed by atoms with E-state index in [0.29, 0.717) is 11.6 Å². The number of nitrogens with zero attached hydrogens (tertiary/aromatic N) is 3. The third-order valence-corrected chi connectivity index (χ3v) is 3.97. The highest BCUT2D eigenvalue weighted by Crippen LogP contribution is 2.12. The second-order valence-electron chi connectivity index (χ2n) is 6.09. The molecule has 8 nitrogen and oxygen atoms in total. The summed E-state index contributed by atoms with van der Waals surface area (Å²) in [7, 11) is 0. The predicted octanol–water partition coefficient (Wildman–Crippen LogP) is 2.18. The smallest absolute Gasteiger partial charge is 0.254 e. The molecule has 1 amide bonds. The number of para-hydroxylation sites is 1. The summed E-state index contributed by atoms with van der Waals surface area (Å²) in [5.41, 5.74) is 0.488. The van der Waals surface area contributed by atoms with Gasteiger partial charge in [0, 0.05) is 6.07 Å². The molecule has 4 rings (SSSR count). The maximum Gasteiger partial charge on any atom is 0.254 e. The fraction of sp³-hybridized carbons (Fsp3) is 0.100. The molecule has 140 valence electrons. The van der Waals surface area contributed by atoms with Crippen molar-refractivity contribution >= 4 is 17.5 Å². The highest BCUT2D eigenvalue weighted by molar-refractivity contribution is 5.91. The van der Waals surface area contributed by atoms with Crippen molar-refractivity contribution in [2.75, 3.05) is 5.32 Å². The standard InChI is InChI=1S/C20H17N5O3/c26-18(11-14-7-3-1-4-8-14)22-17-12-19(27)23-20-21-16(24-25(17)20)13-28-15-9-5-2-6-10-15/h1-10,12H,11,13H2,(H,22,26)(H,21,23,24,27). The number of carbonyl (C=O) groups excluding carboxylic acids is 1. The van der Waals surface area contributed by atoms with E-state index in [1.54, 1.807) is 0 Å². The summed E-state index contributed by atoms with van der Waals surface area (Å²) in [6, 6.07) is 19.9.